The minimum absolute atomic E-state index is 0.332. The molecule has 0 aliphatic rings. The number of nitrogens with zero attached hydrogens (tertiary/aromatic N) is 2. The van der Waals surface area contributed by atoms with Gasteiger partial charge in [0, 0.05) is 0 Å². The summed E-state index contributed by atoms with van der Waals surface area (Å²) in [7, 11) is 1.34. The van der Waals surface area contributed by atoms with Crippen molar-refractivity contribution >= 4 is 17.0 Å². The van der Waals surface area contributed by atoms with Crippen molar-refractivity contribution in [1.82, 2.24) is 9.55 Å². The highest BCUT2D eigenvalue weighted by Crippen LogP contribution is 2.20. The van der Waals surface area contributed by atoms with Crippen molar-refractivity contribution in [2.24, 2.45) is 5.73 Å². The minimum atomic E-state index is -1.07. The van der Waals surface area contributed by atoms with E-state index >= 15 is 0 Å². The topological polar surface area (TPSA) is 70.1 Å². The van der Waals surface area contributed by atoms with E-state index in [1.165, 1.54) is 18.2 Å². The maximum Gasteiger partial charge on any atom is 0.327 e. The fourth-order valence-corrected chi connectivity index (χ4v) is 2.09. The third-order valence-corrected chi connectivity index (χ3v) is 3.39. The summed E-state index contributed by atoms with van der Waals surface area (Å²) in [5.74, 6) is -0.432. The van der Waals surface area contributed by atoms with E-state index in [9.17, 15) is 4.79 Å². The summed E-state index contributed by atoms with van der Waals surface area (Å²) in [6.45, 7) is 6.09. The van der Waals surface area contributed by atoms with Crippen molar-refractivity contribution in [3.8, 4) is 0 Å². The summed E-state index contributed by atoms with van der Waals surface area (Å²) in [5.41, 5.74) is 9.19. The normalized spacial score (nSPS) is 14.4. The molecule has 5 nitrogen and oxygen atoms in total. The van der Waals surface area contributed by atoms with Crippen molar-refractivity contribution in [3.63, 3.8) is 0 Å². The molecule has 2 rings (SSSR count). The largest absolute Gasteiger partial charge is 0.468 e. The van der Waals surface area contributed by atoms with Gasteiger partial charge < -0.3 is 15.0 Å². The first-order chi connectivity index (χ1) is 8.85. The summed E-state index contributed by atoms with van der Waals surface area (Å²) in [6.07, 6.45) is 1.71. The third kappa shape index (κ3) is 2.46. The molecule has 1 heterocycles. The Bertz CT molecular complexity index is 629. The molecular weight excluding hydrogens is 242 g/mol. The Morgan fingerprint density at radius 3 is 2.68 bits per heavy atom. The molecule has 0 spiro atoms. The lowest BCUT2D eigenvalue weighted by atomic mass is 10.0. The average molecular weight is 261 g/mol. The SMILES string of the molecule is COC(=O)C(C)(N)Cn1cnc2cc(C)c(C)cc21. The molecule has 1 aromatic carbocycles. The van der Waals surface area contributed by atoms with Crippen LogP contribution in [-0.2, 0) is 16.1 Å². The van der Waals surface area contributed by atoms with Crippen molar-refractivity contribution in [2.75, 3.05) is 7.11 Å². The van der Waals surface area contributed by atoms with Crippen LogP contribution in [0.2, 0.25) is 0 Å². The Morgan fingerprint density at radius 1 is 1.42 bits per heavy atom. The molecule has 1 atom stereocenters. The Balaban J connectivity index is 2.42. The van der Waals surface area contributed by atoms with Gasteiger partial charge in [-0.1, -0.05) is 0 Å². The third-order valence-electron chi connectivity index (χ3n) is 3.39. The molecule has 0 amide bonds. The van der Waals surface area contributed by atoms with Crippen LogP contribution in [0.5, 0.6) is 0 Å². The number of rotatable bonds is 3. The summed E-state index contributed by atoms with van der Waals surface area (Å²) < 4.78 is 6.61. The number of aromatic nitrogens is 2. The predicted octanol–water partition coefficient (Wildman–Crippen LogP) is 1.54. The molecule has 5 heteroatoms. The first-order valence-electron chi connectivity index (χ1n) is 6.14. The highest BCUT2D eigenvalue weighted by Gasteiger charge is 2.30. The van der Waals surface area contributed by atoms with Crippen molar-refractivity contribution in [3.05, 3.63) is 29.6 Å². The lowest BCUT2D eigenvalue weighted by Gasteiger charge is -2.22. The molecule has 0 bridgehead atoms. The zero-order chi connectivity index (χ0) is 14.2. The second kappa shape index (κ2) is 4.66. The standard InChI is InChI=1S/C14H19N3O2/c1-9-5-11-12(6-10(9)2)17(8-16-11)7-14(3,15)13(18)19-4/h5-6,8H,7,15H2,1-4H3. The summed E-state index contributed by atoms with van der Waals surface area (Å²) in [5, 5.41) is 0. The molecule has 2 aromatic rings. The van der Waals surface area contributed by atoms with Crippen LogP contribution in [0.25, 0.3) is 11.0 Å². The van der Waals surface area contributed by atoms with Crippen LogP contribution >= 0.6 is 0 Å². The zero-order valence-corrected chi connectivity index (χ0v) is 11.7. The first-order valence-corrected chi connectivity index (χ1v) is 6.14. The van der Waals surface area contributed by atoms with Crippen LogP contribution in [0.15, 0.2) is 18.5 Å². The number of fused-ring (bicyclic) bond motifs is 1. The Kier molecular flexibility index (Phi) is 3.32. The fourth-order valence-electron chi connectivity index (χ4n) is 2.09. The van der Waals surface area contributed by atoms with Crippen LogP contribution < -0.4 is 5.73 Å². The number of nitrogens with two attached hydrogens (primary N) is 1. The van der Waals surface area contributed by atoms with Crippen LogP contribution in [0.4, 0.5) is 0 Å². The van der Waals surface area contributed by atoms with E-state index in [0.717, 1.165) is 11.0 Å². The molecule has 0 radical (unpaired) electrons. The first kappa shape index (κ1) is 13.5. The van der Waals surface area contributed by atoms with Gasteiger partial charge in [0.2, 0.25) is 0 Å². The van der Waals surface area contributed by atoms with Gasteiger partial charge in [-0.3, -0.25) is 4.79 Å². The molecule has 0 fully saturated rings. The number of hydrogen-bond donors (Lipinski definition) is 1. The van der Waals surface area contributed by atoms with Gasteiger partial charge in [0.25, 0.3) is 0 Å². The van der Waals surface area contributed by atoms with Crippen LogP contribution in [0.3, 0.4) is 0 Å². The van der Waals surface area contributed by atoms with Gasteiger partial charge in [0.05, 0.1) is 31.0 Å². The van der Waals surface area contributed by atoms with Gasteiger partial charge in [-0.2, -0.15) is 0 Å². The molecular formula is C14H19N3O2. The minimum Gasteiger partial charge on any atom is -0.468 e. The Labute approximate surface area is 112 Å². The lowest BCUT2D eigenvalue weighted by molar-refractivity contribution is -0.146. The number of methoxy groups -OCH3 is 1. The number of hydrogen-bond acceptors (Lipinski definition) is 4. The van der Waals surface area contributed by atoms with Gasteiger partial charge >= 0.3 is 5.97 Å². The Morgan fingerprint density at radius 2 is 2.05 bits per heavy atom. The summed E-state index contributed by atoms with van der Waals surface area (Å²) in [4.78, 5) is 16.0. The maximum absolute atomic E-state index is 11.6. The van der Waals surface area contributed by atoms with Gasteiger partial charge in [0.1, 0.15) is 5.54 Å². The number of ether oxygens (including phenoxy) is 1. The number of imidazole rings is 1. The van der Waals surface area contributed by atoms with Crippen LogP contribution in [0, 0.1) is 13.8 Å². The molecule has 2 N–H and O–H groups in total. The smallest absolute Gasteiger partial charge is 0.327 e. The molecule has 0 aliphatic heterocycles. The molecule has 1 aromatic heterocycles. The van der Waals surface area contributed by atoms with E-state index in [1.807, 2.05) is 17.6 Å². The van der Waals surface area contributed by atoms with E-state index in [2.05, 4.69) is 18.0 Å². The number of carbonyl (C=O) groups is 1. The van der Waals surface area contributed by atoms with Crippen LogP contribution in [0.1, 0.15) is 18.1 Å². The van der Waals surface area contributed by atoms with E-state index in [1.54, 1.807) is 13.3 Å². The molecule has 19 heavy (non-hydrogen) atoms. The molecule has 102 valence electrons. The monoisotopic (exact) mass is 261 g/mol. The quantitative estimate of drug-likeness (QED) is 0.851. The van der Waals surface area contributed by atoms with E-state index < -0.39 is 11.5 Å². The highest BCUT2D eigenvalue weighted by molar-refractivity contribution is 5.81. The molecule has 1 unspecified atom stereocenters. The number of benzene rings is 1. The molecule has 0 saturated carbocycles. The van der Waals surface area contributed by atoms with Crippen LogP contribution in [-0.4, -0.2) is 28.2 Å². The second-order valence-electron chi connectivity index (χ2n) is 5.21. The van der Waals surface area contributed by atoms with Gasteiger partial charge in [-0.25, -0.2) is 4.98 Å². The predicted molar refractivity (Wildman–Crippen MR) is 73.8 cm³/mol. The van der Waals surface area contributed by atoms with E-state index in [0.29, 0.717) is 6.54 Å². The molecule has 0 saturated heterocycles. The number of carbonyl (C=O) groups excluding carboxylic acids is 1. The lowest BCUT2D eigenvalue weighted by Crippen LogP contribution is -2.49. The number of aryl methyl sites for hydroxylation is 2. The van der Waals surface area contributed by atoms with Crippen molar-refractivity contribution < 1.29 is 9.53 Å². The van der Waals surface area contributed by atoms with Gasteiger partial charge in [-0.15, -0.1) is 0 Å². The Hall–Kier alpha value is -1.88. The van der Waals surface area contributed by atoms with E-state index in [-0.39, 0.29) is 0 Å². The maximum atomic E-state index is 11.6. The van der Waals surface area contributed by atoms with E-state index in [4.69, 9.17) is 10.5 Å². The second-order valence-corrected chi connectivity index (χ2v) is 5.21. The summed E-state index contributed by atoms with van der Waals surface area (Å²) in [6, 6.07) is 4.10. The zero-order valence-electron chi connectivity index (χ0n) is 11.7. The van der Waals surface area contributed by atoms with Gasteiger partial charge in [0.15, 0.2) is 0 Å². The molecule has 0 aliphatic carbocycles. The average Bonchev–Trinajstić information content (AvgIpc) is 2.71. The summed E-state index contributed by atoms with van der Waals surface area (Å²) >= 11 is 0. The van der Waals surface area contributed by atoms with Crippen molar-refractivity contribution in [1.29, 1.82) is 0 Å². The van der Waals surface area contributed by atoms with Gasteiger partial charge in [-0.05, 0) is 44.0 Å². The van der Waals surface area contributed by atoms with Crippen molar-refractivity contribution in [2.45, 2.75) is 32.9 Å². The number of esters is 1. The highest BCUT2D eigenvalue weighted by atomic mass is 16.5. The fraction of sp³-hybridized carbons (Fsp3) is 0.429.